The Balaban J connectivity index is 1.41. The third kappa shape index (κ3) is 5.11. The minimum Gasteiger partial charge on any atom is -0.336 e. The molecule has 0 aliphatic carbocycles. The number of amides is 2. The van der Waals surface area contributed by atoms with Gasteiger partial charge in [-0.3, -0.25) is 4.90 Å². The van der Waals surface area contributed by atoms with Crippen LogP contribution in [0.4, 0.5) is 9.18 Å². The molecule has 1 aliphatic rings. The summed E-state index contributed by atoms with van der Waals surface area (Å²) in [4.78, 5) is 21.6. The number of aryl methyl sites for hydroxylation is 2. The van der Waals surface area contributed by atoms with Crippen molar-refractivity contribution < 1.29 is 9.18 Å². The van der Waals surface area contributed by atoms with Gasteiger partial charge < -0.3 is 14.8 Å². The van der Waals surface area contributed by atoms with E-state index in [0.29, 0.717) is 24.5 Å². The monoisotopic (exact) mass is 421 g/mol. The first kappa shape index (κ1) is 21.1. The summed E-state index contributed by atoms with van der Waals surface area (Å²) in [5, 5.41) is 3.06. The molecule has 1 fully saturated rings. The van der Waals surface area contributed by atoms with Gasteiger partial charge in [0.1, 0.15) is 17.7 Å². The van der Waals surface area contributed by atoms with E-state index in [2.05, 4.69) is 46.4 Å². The summed E-state index contributed by atoms with van der Waals surface area (Å²) < 4.78 is 15.7. The highest BCUT2D eigenvalue weighted by Crippen LogP contribution is 2.22. The summed E-state index contributed by atoms with van der Waals surface area (Å²) in [6.45, 7) is 5.91. The Kier molecular flexibility index (Phi) is 6.32. The van der Waals surface area contributed by atoms with Gasteiger partial charge in [-0.25, -0.2) is 14.2 Å². The molecule has 7 heteroatoms. The molecule has 3 aromatic rings. The molecule has 162 valence electrons. The number of nitrogens with zero attached hydrogens (tertiary/aromatic N) is 4. The molecule has 1 aromatic heterocycles. The maximum Gasteiger partial charge on any atom is 0.318 e. The van der Waals surface area contributed by atoms with Crippen molar-refractivity contribution in [3.8, 4) is 0 Å². The number of aromatic nitrogens is 2. The minimum absolute atomic E-state index is 0.160. The van der Waals surface area contributed by atoms with Crippen LogP contribution < -0.4 is 5.32 Å². The van der Waals surface area contributed by atoms with Crippen molar-refractivity contribution in [2.24, 2.45) is 7.05 Å². The van der Waals surface area contributed by atoms with Crippen molar-refractivity contribution in [3.05, 3.63) is 89.3 Å². The topological polar surface area (TPSA) is 53.4 Å². The molecular formula is C24H28FN5O. The van der Waals surface area contributed by atoms with Gasteiger partial charge in [-0.15, -0.1) is 0 Å². The molecule has 4 rings (SSSR count). The molecule has 2 amide bonds. The predicted molar refractivity (Wildman–Crippen MR) is 118 cm³/mol. The summed E-state index contributed by atoms with van der Waals surface area (Å²) in [7, 11) is 1.87. The first-order valence-corrected chi connectivity index (χ1v) is 10.6. The van der Waals surface area contributed by atoms with Gasteiger partial charge in [0, 0.05) is 52.2 Å². The van der Waals surface area contributed by atoms with Crippen LogP contribution in [-0.4, -0.2) is 51.6 Å². The van der Waals surface area contributed by atoms with E-state index in [1.165, 1.54) is 23.3 Å². The third-order valence-corrected chi connectivity index (χ3v) is 5.71. The molecule has 0 saturated carbocycles. The van der Waals surface area contributed by atoms with Gasteiger partial charge in [0.25, 0.3) is 0 Å². The molecule has 1 atom stereocenters. The van der Waals surface area contributed by atoms with Crippen LogP contribution in [-0.2, 0) is 13.6 Å². The number of imidazole rings is 1. The molecule has 1 aliphatic heterocycles. The van der Waals surface area contributed by atoms with Gasteiger partial charge in [-0.05, 0) is 30.2 Å². The Morgan fingerprint density at radius 3 is 2.58 bits per heavy atom. The second-order valence-corrected chi connectivity index (χ2v) is 8.09. The smallest absolute Gasteiger partial charge is 0.318 e. The standard InChI is InChI=1S/C24H28FN5O/c1-18-5-3-6-19(15-18)17-29-11-13-30(14-12-29)24(31)27-22(23-26-9-10-28(23)2)20-7-4-8-21(25)16-20/h3-10,15-16,22H,11-14,17H2,1-2H3,(H,27,31). The molecule has 1 N–H and O–H groups in total. The highest BCUT2D eigenvalue weighted by atomic mass is 19.1. The second kappa shape index (κ2) is 9.31. The molecule has 2 aromatic carbocycles. The number of carbonyl (C=O) groups excluding carboxylic acids is 1. The normalized spacial score (nSPS) is 15.6. The number of nitrogens with one attached hydrogen (secondary N) is 1. The SMILES string of the molecule is Cc1cccc(CN2CCN(C(=O)NC(c3cccc(F)c3)c3nccn3C)CC2)c1. The number of rotatable bonds is 5. The van der Waals surface area contributed by atoms with Crippen LogP contribution in [0.2, 0.25) is 0 Å². The lowest BCUT2D eigenvalue weighted by Gasteiger charge is -2.35. The fourth-order valence-corrected chi connectivity index (χ4v) is 4.03. The Morgan fingerprint density at radius 1 is 1.13 bits per heavy atom. The first-order chi connectivity index (χ1) is 15.0. The van der Waals surface area contributed by atoms with Gasteiger partial charge in [-0.2, -0.15) is 0 Å². The number of hydrogen-bond acceptors (Lipinski definition) is 3. The van der Waals surface area contributed by atoms with Crippen molar-refractivity contribution in [2.75, 3.05) is 26.2 Å². The lowest BCUT2D eigenvalue weighted by molar-refractivity contribution is 0.134. The lowest BCUT2D eigenvalue weighted by atomic mass is 10.1. The van der Waals surface area contributed by atoms with E-state index in [9.17, 15) is 9.18 Å². The van der Waals surface area contributed by atoms with Gasteiger partial charge in [0.2, 0.25) is 0 Å². The van der Waals surface area contributed by atoms with E-state index >= 15 is 0 Å². The van der Waals surface area contributed by atoms with Gasteiger partial charge in [0.15, 0.2) is 0 Å². The fourth-order valence-electron chi connectivity index (χ4n) is 4.03. The van der Waals surface area contributed by atoms with E-state index in [1.807, 2.05) is 28.8 Å². The highest BCUT2D eigenvalue weighted by molar-refractivity contribution is 5.75. The van der Waals surface area contributed by atoms with Crippen LogP contribution >= 0.6 is 0 Å². The molecule has 1 unspecified atom stereocenters. The van der Waals surface area contributed by atoms with Crippen LogP contribution in [0, 0.1) is 12.7 Å². The largest absolute Gasteiger partial charge is 0.336 e. The van der Waals surface area contributed by atoms with E-state index in [-0.39, 0.29) is 11.8 Å². The Morgan fingerprint density at radius 2 is 1.90 bits per heavy atom. The lowest BCUT2D eigenvalue weighted by Crippen LogP contribution is -2.52. The van der Waals surface area contributed by atoms with E-state index in [0.717, 1.165) is 19.6 Å². The molecule has 1 saturated heterocycles. The van der Waals surface area contributed by atoms with Gasteiger partial charge in [-0.1, -0.05) is 42.0 Å². The zero-order valence-electron chi connectivity index (χ0n) is 18.0. The van der Waals surface area contributed by atoms with Crippen LogP contribution in [0.5, 0.6) is 0 Å². The number of urea groups is 1. The van der Waals surface area contributed by atoms with Crippen LogP contribution in [0.25, 0.3) is 0 Å². The average molecular weight is 422 g/mol. The van der Waals surface area contributed by atoms with Crippen LogP contribution in [0.3, 0.4) is 0 Å². The molecule has 6 nitrogen and oxygen atoms in total. The van der Waals surface area contributed by atoms with E-state index in [1.54, 1.807) is 12.3 Å². The van der Waals surface area contributed by atoms with Crippen LogP contribution in [0.1, 0.15) is 28.6 Å². The number of halogens is 1. The number of benzene rings is 2. The molecule has 31 heavy (non-hydrogen) atoms. The Hall–Kier alpha value is -3.19. The summed E-state index contributed by atoms with van der Waals surface area (Å²) >= 11 is 0. The van der Waals surface area contributed by atoms with Crippen molar-refractivity contribution in [3.63, 3.8) is 0 Å². The summed E-state index contributed by atoms with van der Waals surface area (Å²) in [6, 6.07) is 14.1. The molecule has 0 spiro atoms. The fraction of sp³-hybridized carbons (Fsp3) is 0.333. The number of piperazine rings is 1. The van der Waals surface area contributed by atoms with Crippen LogP contribution in [0.15, 0.2) is 60.9 Å². The highest BCUT2D eigenvalue weighted by Gasteiger charge is 2.26. The van der Waals surface area contributed by atoms with Crippen molar-refractivity contribution >= 4 is 6.03 Å². The quantitative estimate of drug-likeness (QED) is 0.686. The average Bonchev–Trinajstić information content (AvgIpc) is 3.18. The molecular weight excluding hydrogens is 393 g/mol. The Bertz CT molecular complexity index is 1040. The third-order valence-electron chi connectivity index (χ3n) is 5.71. The summed E-state index contributed by atoms with van der Waals surface area (Å²) in [6.07, 6.45) is 3.50. The van der Waals surface area contributed by atoms with E-state index in [4.69, 9.17) is 0 Å². The zero-order valence-corrected chi connectivity index (χ0v) is 18.0. The molecule has 2 heterocycles. The molecule has 0 radical (unpaired) electrons. The van der Waals surface area contributed by atoms with Gasteiger partial charge in [0.05, 0.1) is 0 Å². The zero-order chi connectivity index (χ0) is 21.8. The van der Waals surface area contributed by atoms with Crippen molar-refractivity contribution in [1.29, 1.82) is 0 Å². The summed E-state index contributed by atoms with van der Waals surface area (Å²) in [5.74, 6) is 0.327. The first-order valence-electron chi connectivity index (χ1n) is 10.6. The summed E-state index contributed by atoms with van der Waals surface area (Å²) in [5.41, 5.74) is 3.22. The van der Waals surface area contributed by atoms with Gasteiger partial charge >= 0.3 is 6.03 Å². The maximum atomic E-state index is 13.9. The Labute approximate surface area is 182 Å². The van der Waals surface area contributed by atoms with Crippen molar-refractivity contribution in [2.45, 2.75) is 19.5 Å². The second-order valence-electron chi connectivity index (χ2n) is 8.09. The number of hydrogen-bond donors (Lipinski definition) is 1. The maximum absolute atomic E-state index is 13.9. The molecule has 0 bridgehead atoms. The van der Waals surface area contributed by atoms with Crippen molar-refractivity contribution in [1.82, 2.24) is 24.7 Å². The minimum atomic E-state index is -0.520. The number of carbonyl (C=O) groups is 1. The van der Waals surface area contributed by atoms with E-state index < -0.39 is 6.04 Å². The predicted octanol–water partition coefficient (Wildman–Crippen LogP) is 3.48.